The Bertz CT molecular complexity index is 757. The zero-order valence-electron chi connectivity index (χ0n) is 11.3. The Morgan fingerprint density at radius 1 is 1.32 bits per heavy atom. The Balaban J connectivity index is 2.63. The van der Waals surface area contributed by atoms with Crippen LogP contribution in [0.25, 0.3) is 11.3 Å². The zero-order valence-corrected chi connectivity index (χ0v) is 11.3. The summed E-state index contributed by atoms with van der Waals surface area (Å²) in [6, 6.07) is 3.24. The fraction of sp³-hybridized carbons (Fsp3) is 0.231. The van der Waals surface area contributed by atoms with Gasteiger partial charge in [0, 0.05) is 5.56 Å². The Labute approximate surface area is 122 Å². The van der Waals surface area contributed by atoms with Crippen molar-refractivity contribution < 1.29 is 17.6 Å². The van der Waals surface area contributed by atoms with Crippen LogP contribution in [0.15, 0.2) is 18.2 Å². The molecular weight excluding hydrogens is 302 g/mol. The molecule has 4 N–H and O–H groups in total. The summed E-state index contributed by atoms with van der Waals surface area (Å²) in [6.07, 6.45) is -4.59. The van der Waals surface area contributed by atoms with E-state index in [1.165, 1.54) is 12.1 Å². The van der Waals surface area contributed by atoms with Gasteiger partial charge in [0.1, 0.15) is 35.0 Å². The molecule has 116 valence electrons. The molecule has 1 aromatic carbocycles. The maximum atomic E-state index is 13.5. The number of rotatable bonds is 2. The minimum absolute atomic E-state index is 0.114. The van der Waals surface area contributed by atoms with E-state index in [4.69, 9.17) is 16.7 Å². The lowest BCUT2D eigenvalue weighted by molar-refractivity contribution is -0.164. The number of aromatic nitrogens is 2. The Kier molecular flexibility index (Phi) is 3.70. The first-order valence-electron chi connectivity index (χ1n) is 6.07. The number of hydrogen-bond acceptors (Lipinski definition) is 4. The van der Waals surface area contributed by atoms with Crippen LogP contribution >= 0.6 is 0 Å². The minimum Gasteiger partial charge on any atom is -0.396 e. The Morgan fingerprint density at radius 2 is 1.95 bits per heavy atom. The van der Waals surface area contributed by atoms with Crippen LogP contribution in [0.3, 0.4) is 0 Å². The second kappa shape index (κ2) is 5.22. The van der Waals surface area contributed by atoms with Crippen LogP contribution in [0.5, 0.6) is 0 Å². The maximum Gasteiger partial charge on any atom is 0.410 e. The van der Waals surface area contributed by atoms with Gasteiger partial charge in [-0.25, -0.2) is 9.07 Å². The van der Waals surface area contributed by atoms with Crippen LogP contribution in [0, 0.1) is 17.1 Å². The number of nitrogens with two attached hydrogens (primary N) is 2. The van der Waals surface area contributed by atoms with Crippen molar-refractivity contribution in [2.24, 2.45) is 0 Å². The third-order valence-corrected chi connectivity index (χ3v) is 3.17. The maximum absolute atomic E-state index is 13.5. The predicted molar refractivity (Wildman–Crippen MR) is 71.9 cm³/mol. The molecule has 5 nitrogen and oxygen atoms in total. The second-order valence-corrected chi connectivity index (χ2v) is 4.62. The van der Waals surface area contributed by atoms with Gasteiger partial charge in [-0.3, -0.25) is 0 Å². The first-order valence-corrected chi connectivity index (χ1v) is 6.07. The molecule has 0 aliphatic heterocycles. The normalized spacial score (nSPS) is 12.9. The van der Waals surface area contributed by atoms with E-state index in [0.29, 0.717) is 4.68 Å². The van der Waals surface area contributed by atoms with E-state index in [0.717, 1.165) is 13.0 Å². The Morgan fingerprint density at radius 3 is 2.45 bits per heavy atom. The fourth-order valence-corrected chi connectivity index (χ4v) is 1.87. The average Bonchev–Trinajstić information content (AvgIpc) is 2.76. The summed E-state index contributed by atoms with van der Waals surface area (Å²) in [5.74, 6) is -1.20. The van der Waals surface area contributed by atoms with Gasteiger partial charge in [0.25, 0.3) is 0 Å². The lowest BCUT2D eigenvalue weighted by Crippen LogP contribution is -2.25. The van der Waals surface area contributed by atoms with E-state index in [9.17, 15) is 17.6 Å². The largest absolute Gasteiger partial charge is 0.410 e. The zero-order chi connectivity index (χ0) is 16.7. The first-order chi connectivity index (χ1) is 10.2. The van der Waals surface area contributed by atoms with Crippen molar-refractivity contribution in [2.45, 2.75) is 19.1 Å². The predicted octanol–water partition coefficient (Wildman–Crippen LogP) is 2.85. The number of anilines is 2. The monoisotopic (exact) mass is 313 g/mol. The van der Waals surface area contributed by atoms with Crippen molar-refractivity contribution >= 4 is 11.5 Å². The molecule has 1 aromatic heterocycles. The molecule has 0 saturated heterocycles. The summed E-state index contributed by atoms with van der Waals surface area (Å²) in [5.41, 5.74) is 10.5. The van der Waals surface area contributed by atoms with Crippen molar-refractivity contribution in [1.29, 1.82) is 5.26 Å². The van der Waals surface area contributed by atoms with E-state index < -0.39 is 23.9 Å². The van der Waals surface area contributed by atoms with Gasteiger partial charge >= 0.3 is 6.18 Å². The highest BCUT2D eigenvalue weighted by Crippen LogP contribution is 2.35. The van der Waals surface area contributed by atoms with Crippen LogP contribution in [0.1, 0.15) is 18.5 Å². The van der Waals surface area contributed by atoms with Crippen molar-refractivity contribution in [1.82, 2.24) is 9.78 Å². The van der Waals surface area contributed by atoms with Gasteiger partial charge in [-0.05, 0) is 19.1 Å². The van der Waals surface area contributed by atoms with Gasteiger partial charge in [-0.15, -0.1) is 0 Å². The highest BCUT2D eigenvalue weighted by atomic mass is 19.4. The van der Waals surface area contributed by atoms with Crippen molar-refractivity contribution in [3.05, 3.63) is 29.6 Å². The quantitative estimate of drug-likeness (QED) is 0.658. The highest BCUT2D eigenvalue weighted by Gasteiger charge is 2.40. The summed E-state index contributed by atoms with van der Waals surface area (Å²) in [5, 5.41) is 12.8. The molecular formula is C13H11F4N5. The molecule has 9 heteroatoms. The van der Waals surface area contributed by atoms with Gasteiger partial charge in [0.05, 0.1) is 5.69 Å². The lowest BCUT2D eigenvalue weighted by Gasteiger charge is -2.17. The number of benzene rings is 1. The van der Waals surface area contributed by atoms with Crippen LogP contribution in [0.4, 0.5) is 29.1 Å². The molecule has 0 saturated carbocycles. The molecule has 2 aromatic rings. The number of nitrogens with zero attached hydrogens (tertiary/aromatic N) is 3. The van der Waals surface area contributed by atoms with Gasteiger partial charge in [-0.2, -0.15) is 23.5 Å². The minimum atomic E-state index is -4.59. The molecule has 0 fully saturated rings. The smallest absolute Gasteiger partial charge is 0.396 e. The molecule has 22 heavy (non-hydrogen) atoms. The molecule has 0 radical (unpaired) electrons. The number of alkyl halides is 3. The molecule has 0 bridgehead atoms. The molecule has 0 amide bonds. The molecule has 0 spiro atoms. The van der Waals surface area contributed by atoms with Crippen molar-refractivity contribution in [2.75, 3.05) is 11.5 Å². The van der Waals surface area contributed by atoms with Crippen molar-refractivity contribution in [3.8, 4) is 17.3 Å². The molecule has 0 aliphatic rings. The van der Waals surface area contributed by atoms with Crippen LogP contribution < -0.4 is 11.5 Å². The topological polar surface area (TPSA) is 93.6 Å². The van der Waals surface area contributed by atoms with Crippen LogP contribution in [-0.4, -0.2) is 16.0 Å². The number of nitrogen functional groups attached to an aromatic ring is 2. The van der Waals surface area contributed by atoms with Crippen LogP contribution in [0.2, 0.25) is 0 Å². The SMILES string of the molecule is CC(n1nc(-c2ccc(N)c(F)c2)c(C#N)c1N)C(F)(F)F. The summed E-state index contributed by atoms with van der Waals surface area (Å²) < 4.78 is 52.4. The van der Waals surface area contributed by atoms with E-state index in [-0.39, 0.29) is 22.5 Å². The van der Waals surface area contributed by atoms with Gasteiger partial charge < -0.3 is 11.5 Å². The second-order valence-electron chi connectivity index (χ2n) is 4.62. The molecule has 1 atom stereocenters. The third-order valence-electron chi connectivity index (χ3n) is 3.17. The molecule has 1 heterocycles. The van der Waals surface area contributed by atoms with E-state index >= 15 is 0 Å². The summed E-state index contributed by atoms with van der Waals surface area (Å²) in [4.78, 5) is 0. The number of halogens is 4. The number of hydrogen-bond donors (Lipinski definition) is 2. The van der Waals surface area contributed by atoms with Gasteiger partial charge in [0.2, 0.25) is 0 Å². The van der Waals surface area contributed by atoms with E-state index in [2.05, 4.69) is 5.10 Å². The fourth-order valence-electron chi connectivity index (χ4n) is 1.87. The van der Waals surface area contributed by atoms with Gasteiger partial charge in [0.15, 0.2) is 0 Å². The Hall–Kier alpha value is -2.76. The van der Waals surface area contributed by atoms with Crippen molar-refractivity contribution in [3.63, 3.8) is 0 Å². The first kappa shape index (κ1) is 15.6. The van der Waals surface area contributed by atoms with Gasteiger partial charge in [-0.1, -0.05) is 6.07 Å². The van der Waals surface area contributed by atoms with E-state index in [1.807, 2.05) is 0 Å². The van der Waals surface area contributed by atoms with Crippen LogP contribution in [-0.2, 0) is 0 Å². The standard InChI is InChI=1S/C13H11F4N5/c1-6(13(15,16)17)22-12(20)8(5-18)11(21-22)7-2-3-10(19)9(14)4-7/h2-4,6H,19-20H2,1H3. The molecule has 0 aliphatic carbocycles. The molecule has 1 unspecified atom stereocenters. The highest BCUT2D eigenvalue weighted by molar-refractivity contribution is 5.73. The third kappa shape index (κ3) is 2.55. The number of nitriles is 1. The molecule has 2 rings (SSSR count). The average molecular weight is 313 g/mol. The summed E-state index contributed by atoms with van der Waals surface area (Å²) >= 11 is 0. The summed E-state index contributed by atoms with van der Waals surface area (Å²) in [7, 11) is 0. The summed E-state index contributed by atoms with van der Waals surface area (Å²) in [6.45, 7) is 0.859. The van der Waals surface area contributed by atoms with E-state index in [1.54, 1.807) is 6.07 Å². The lowest BCUT2D eigenvalue weighted by atomic mass is 10.1.